The number of carbonyl (C=O) groups excluding carboxylic acids is 1. The van der Waals surface area contributed by atoms with Crippen LogP contribution in [0, 0.1) is 0 Å². The van der Waals surface area contributed by atoms with E-state index >= 15 is 0 Å². The summed E-state index contributed by atoms with van der Waals surface area (Å²) in [7, 11) is 0. The van der Waals surface area contributed by atoms with Gasteiger partial charge in [0.1, 0.15) is 0 Å². The summed E-state index contributed by atoms with van der Waals surface area (Å²) < 4.78 is 0. The van der Waals surface area contributed by atoms with E-state index in [1.54, 1.807) is 0 Å². The van der Waals surface area contributed by atoms with Gasteiger partial charge in [-0.05, 0) is 72.3 Å². The Balaban J connectivity index is 1.53. The summed E-state index contributed by atoms with van der Waals surface area (Å²) in [5.41, 5.74) is 6.90. The van der Waals surface area contributed by atoms with Crippen LogP contribution < -0.4 is 5.32 Å². The molecule has 0 spiro atoms. The van der Waals surface area contributed by atoms with Crippen LogP contribution in [0.15, 0.2) is 42.5 Å². The normalized spacial score (nSPS) is 15.1. The highest BCUT2D eigenvalue weighted by atomic mass is 16.1. The second-order valence-electron chi connectivity index (χ2n) is 8.97. The minimum atomic E-state index is 0.0630. The van der Waals surface area contributed by atoms with Gasteiger partial charge in [-0.25, -0.2) is 0 Å². The topological polar surface area (TPSA) is 29.1 Å². The zero-order valence-electron chi connectivity index (χ0n) is 17.3. The van der Waals surface area contributed by atoms with Crippen LogP contribution in [0.3, 0.4) is 0 Å². The van der Waals surface area contributed by atoms with Crippen LogP contribution in [0.2, 0.25) is 0 Å². The molecule has 1 atom stereocenters. The lowest BCUT2D eigenvalue weighted by molar-refractivity contribution is -0.121. The molecule has 2 heteroatoms. The molecule has 2 aromatic rings. The smallest absolute Gasteiger partial charge is 0.220 e. The molecular weight excluding hydrogens is 330 g/mol. The quantitative estimate of drug-likeness (QED) is 0.728. The molecule has 144 valence electrons. The third-order valence-electron chi connectivity index (χ3n) is 5.71. The van der Waals surface area contributed by atoms with Crippen LogP contribution in [0.4, 0.5) is 0 Å². The first-order valence-corrected chi connectivity index (χ1v) is 10.3. The maximum atomic E-state index is 12.4. The maximum absolute atomic E-state index is 12.4. The monoisotopic (exact) mass is 363 g/mol. The first-order valence-electron chi connectivity index (χ1n) is 10.3. The van der Waals surface area contributed by atoms with E-state index in [1.807, 2.05) is 0 Å². The maximum Gasteiger partial charge on any atom is 0.220 e. The van der Waals surface area contributed by atoms with Crippen molar-refractivity contribution in [2.24, 2.45) is 0 Å². The number of amides is 1. The molecule has 0 saturated heterocycles. The van der Waals surface area contributed by atoms with Crippen LogP contribution in [0.5, 0.6) is 0 Å². The second kappa shape index (κ2) is 8.29. The van der Waals surface area contributed by atoms with Crippen molar-refractivity contribution >= 4 is 5.91 Å². The minimum Gasteiger partial charge on any atom is -0.350 e. The molecule has 0 heterocycles. The number of rotatable bonds is 5. The van der Waals surface area contributed by atoms with E-state index in [1.165, 1.54) is 53.5 Å². The highest BCUT2D eigenvalue weighted by Gasteiger charge is 2.15. The Morgan fingerprint density at radius 3 is 2.33 bits per heavy atom. The molecule has 27 heavy (non-hydrogen) atoms. The SMILES string of the molecule is C[C@@H](NC(=O)CCc1ccc(C(C)(C)C)cc1)c1ccc2c(c1)CCCC2. The number of fused-ring (bicyclic) bond motifs is 1. The molecule has 0 unspecified atom stereocenters. The average Bonchev–Trinajstić information content (AvgIpc) is 2.65. The van der Waals surface area contributed by atoms with Crippen molar-refractivity contribution in [3.05, 3.63) is 70.3 Å². The zero-order chi connectivity index (χ0) is 19.4. The Labute approximate surface area is 164 Å². The zero-order valence-corrected chi connectivity index (χ0v) is 17.3. The van der Waals surface area contributed by atoms with Crippen molar-refractivity contribution in [3.8, 4) is 0 Å². The molecule has 1 aliphatic rings. The van der Waals surface area contributed by atoms with Crippen LogP contribution in [0.25, 0.3) is 0 Å². The highest BCUT2D eigenvalue weighted by Crippen LogP contribution is 2.25. The summed E-state index contributed by atoms with van der Waals surface area (Å²) in [5, 5.41) is 3.17. The van der Waals surface area contributed by atoms with Crippen molar-refractivity contribution in [2.45, 2.75) is 77.7 Å². The lowest BCUT2D eigenvalue weighted by Gasteiger charge is -2.20. The van der Waals surface area contributed by atoms with Gasteiger partial charge in [-0.15, -0.1) is 0 Å². The third kappa shape index (κ3) is 5.22. The molecule has 1 amide bonds. The number of benzene rings is 2. The number of carbonyl (C=O) groups is 1. The molecule has 2 nitrogen and oxygen atoms in total. The number of aryl methyl sites for hydroxylation is 3. The second-order valence-corrected chi connectivity index (χ2v) is 8.97. The van der Waals surface area contributed by atoms with Crippen molar-refractivity contribution < 1.29 is 4.79 Å². The lowest BCUT2D eigenvalue weighted by atomic mass is 9.86. The largest absolute Gasteiger partial charge is 0.350 e. The third-order valence-corrected chi connectivity index (χ3v) is 5.71. The summed E-state index contributed by atoms with van der Waals surface area (Å²) >= 11 is 0. The van der Waals surface area contributed by atoms with E-state index in [2.05, 4.69) is 75.5 Å². The van der Waals surface area contributed by atoms with Crippen molar-refractivity contribution in [3.63, 3.8) is 0 Å². The van der Waals surface area contributed by atoms with E-state index in [-0.39, 0.29) is 17.4 Å². The number of hydrogen-bond donors (Lipinski definition) is 1. The predicted octanol–water partition coefficient (Wildman–Crippen LogP) is 5.67. The standard InChI is InChI=1S/C25H33NO/c1-18(21-13-12-20-7-5-6-8-22(20)17-21)26-24(27)16-11-19-9-14-23(15-10-19)25(2,3)4/h9-10,12-15,17-18H,5-8,11,16H2,1-4H3,(H,26,27)/t18-/m1/s1. The van der Waals surface area contributed by atoms with E-state index in [9.17, 15) is 4.79 Å². The summed E-state index contributed by atoms with van der Waals surface area (Å²) in [6.07, 6.45) is 6.27. The van der Waals surface area contributed by atoms with Crippen molar-refractivity contribution in [2.75, 3.05) is 0 Å². The summed E-state index contributed by atoms with van der Waals surface area (Å²) in [6.45, 7) is 8.74. The molecule has 0 aromatic heterocycles. The van der Waals surface area contributed by atoms with Gasteiger partial charge < -0.3 is 5.32 Å². The Hall–Kier alpha value is -2.09. The average molecular weight is 364 g/mol. The Kier molecular flexibility index (Phi) is 6.04. The predicted molar refractivity (Wildman–Crippen MR) is 113 cm³/mol. The molecule has 1 aliphatic carbocycles. The molecule has 0 bridgehead atoms. The molecule has 0 fully saturated rings. The fourth-order valence-corrected chi connectivity index (χ4v) is 3.85. The van der Waals surface area contributed by atoms with Crippen LogP contribution in [0.1, 0.15) is 80.8 Å². The summed E-state index contributed by atoms with van der Waals surface area (Å²) in [5.74, 6) is 0.125. The minimum absolute atomic E-state index is 0.0630. The summed E-state index contributed by atoms with van der Waals surface area (Å²) in [6, 6.07) is 15.5. The van der Waals surface area contributed by atoms with E-state index in [0.717, 1.165) is 6.42 Å². The van der Waals surface area contributed by atoms with Crippen LogP contribution in [-0.4, -0.2) is 5.91 Å². The van der Waals surface area contributed by atoms with Gasteiger partial charge in [0.25, 0.3) is 0 Å². The van der Waals surface area contributed by atoms with E-state index in [0.29, 0.717) is 6.42 Å². The number of hydrogen-bond acceptors (Lipinski definition) is 1. The van der Waals surface area contributed by atoms with Gasteiger partial charge in [0.05, 0.1) is 6.04 Å². The molecule has 3 rings (SSSR count). The Morgan fingerprint density at radius 1 is 1.00 bits per heavy atom. The van der Waals surface area contributed by atoms with Crippen LogP contribution in [-0.2, 0) is 29.5 Å². The Bertz CT molecular complexity index is 783. The molecule has 2 aromatic carbocycles. The van der Waals surface area contributed by atoms with Crippen LogP contribution >= 0.6 is 0 Å². The van der Waals surface area contributed by atoms with Gasteiger partial charge >= 0.3 is 0 Å². The van der Waals surface area contributed by atoms with Gasteiger partial charge in [0, 0.05) is 6.42 Å². The van der Waals surface area contributed by atoms with E-state index < -0.39 is 0 Å². The van der Waals surface area contributed by atoms with Crippen molar-refractivity contribution in [1.29, 1.82) is 0 Å². The first kappa shape index (κ1) is 19.7. The fraction of sp³-hybridized carbons (Fsp3) is 0.480. The summed E-state index contributed by atoms with van der Waals surface area (Å²) in [4.78, 5) is 12.4. The molecule has 0 aliphatic heterocycles. The lowest BCUT2D eigenvalue weighted by Crippen LogP contribution is -2.27. The first-order chi connectivity index (χ1) is 12.8. The molecular formula is C25H33NO. The van der Waals surface area contributed by atoms with Gasteiger partial charge in [0.15, 0.2) is 0 Å². The molecule has 0 saturated carbocycles. The van der Waals surface area contributed by atoms with Crippen molar-refractivity contribution in [1.82, 2.24) is 5.32 Å². The fourth-order valence-electron chi connectivity index (χ4n) is 3.85. The number of nitrogens with one attached hydrogen (secondary N) is 1. The molecule has 0 radical (unpaired) electrons. The van der Waals surface area contributed by atoms with Gasteiger partial charge in [-0.2, -0.15) is 0 Å². The van der Waals surface area contributed by atoms with Gasteiger partial charge in [-0.1, -0.05) is 63.2 Å². The van der Waals surface area contributed by atoms with E-state index in [4.69, 9.17) is 0 Å². The van der Waals surface area contributed by atoms with Gasteiger partial charge in [-0.3, -0.25) is 4.79 Å². The molecule has 1 N–H and O–H groups in total. The Morgan fingerprint density at radius 2 is 1.67 bits per heavy atom. The highest BCUT2D eigenvalue weighted by molar-refractivity contribution is 5.76. The van der Waals surface area contributed by atoms with Gasteiger partial charge in [0.2, 0.25) is 5.91 Å².